The van der Waals surface area contributed by atoms with Gasteiger partial charge in [-0.05, 0) is 19.3 Å². The lowest BCUT2D eigenvalue weighted by atomic mass is 10.0. The number of aliphatic hydroxyl groups excluding tert-OH is 1. The number of aliphatic carboxylic acids is 1. The molecule has 1 atom stereocenters. The lowest BCUT2D eigenvalue weighted by molar-refractivity contribution is -0.137. The molecule has 0 radical (unpaired) electrons. The van der Waals surface area contributed by atoms with Crippen molar-refractivity contribution in [2.45, 2.75) is 83.7 Å². The van der Waals surface area contributed by atoms with Crippen molar-refractivity contribution in [2.75, 3.05) is 0 Å². The molecule has 0 heterocycles. The Morgan fingerprint density at radius 1 is 0.952 bits per heavy atom. The second-order valence-corrected chi connectivity index (χ2v) is 5.55. The molecule has 0 saturated carbocycles. The number of allylic oxidation sites excluding steroid dienone is 3. The number of aliphatic hydroxyl groups is 1. The van der Waals surface area contributed by atoms with Crippen molar-refractivity contribution >= 4 is 5.97 Å². The molecule has 0 bridgehead atoms. The Morgan fingerprint density at radius 2 is 1.52 bits per heavy atom. The van der Waals surface area contributed by atoms with Gasteiger partial charge in [-0.2, -0.15) is 0 Å². The normalized spacial score (nSPS) is 13.2. The highest BCUT2D eigenvalue weighted by Crippen LogP contribution is 2.11. The minimum absolute atomic E-state index is 0.304. The molecule has 0 rings (SSSR count). The van der Waals surface area contributed by atoms with Gasteiger partial charge in [0.15, 0.2) is 0 Å². The molecule has 0 aromatic carbocycles. The van der Waals surface area contributed by atoms with Crippen molar-refractivity contribution in [2.24, 2.45) is 0 Å². The number of hydrogen-bond donors (Lipinski definition) is 2. The van der Waals surface area contributed by atoms with E-state index in [4.69, 9.17) is 5.11 Å². The van der Waals surface area contributed by atoms with E-state index in [2.05, 4.69) is 13.0 Å². The molecule has 0 saturated heterocycles. The summed E-state index contributed by atoms with van der Waals surface area (Å²) in [5.41, 5.74) is 0. The monoisotopic (exact) mass is 296 g/mol. The fraction of sp³-hybridized carbons (Fsp3) is 0.722. The molecule has 122 valence electrons. The lowest BCUT2D eigenvalue weighted by Crippen LogP contribution is -2.01. The van der Waals surface area contributed by atoms with Crippen LogP contribution >= 0.6 is 0 Å². The number of unbranched alkanes of at least 4 members (excludes halogenated alkanes) is 7. The van der Waals surface area contributed by atoms with E-state index in [0.717, 1.165) is 38.5 Å². The summed E-state index contributed by atoms with van der Waals surface area (Å²) in [7, 11) is 0. The summed E-state index contributed by atoms with van der Waals surface area (Å²) in [4.78, 5) is 10.3. The molecule has 0 fully saturated rings. The van der Waals surface area contributed by atoms with E-state index in [1.54, 1.807) is 0 Å². The summed E-state index contributed by atoms with van der Waals surface area (Å²) in [6.07, 6.45) is 18.5. The third kappa shape index (κ3) is 16.9. The largest absolute Gasteiger partial charge is 0.481 e. The zero-order valence-electron chi connectivity index (χ0n) is 13.5. The van der Waals surface area contributed by atoms with Crippen LogP contribution in [-0.2, 0) is 4.79 Å². The van der Waals surface area contributed by atoms with Gasteiger partial charge in [0, 0.05) is 6.42 Å². The van der Waals surface area contributed by atoms with E-state index in [0.29, 0.717) is 6.42 Å². The molecule has 1 unspecified atom stereocenters. The van der Waals surface area contributed by atoms with Crippen LogP contribution in [0, 0.1) is 0 Å². The molecule has 3 nitrogen and oxygen atoms in total. The van der Waals surface area contributed by atoms with Gasteiger partial charge in [-0.25, -0.2) is 0 Å². The van der Waals surface area contributed by atoms with Gasteiger partial charge in [0.05, 0.1) is 6.10 Å². The first-order valence-corrected chi connectivity index (χ1v) is 8.40. The predicted molar refractivity (Wildman–Crippen MR) is 88.4 cm³/mol. The predicted octanol–water partition coefficient (Wildman–Crippen LogP) is 4.86. The van der Waals surface area contributed by atoms with Crippen LogP contribution in [0.1, 0.15) is 77.6 Å². The van der Waals surface area contributed by atoms with Crippen molar-refractivity contribution in [3.63, 3.8) is 0 Å². The van der Waals surface area contributed by atoms with Crippen LogP contribution in [0.2, 0.25) is 0 Å². The smallest absolute Gasteiger partial charge is 0.303 e. The molecule has 21 heavy (non-hydrogen) atoms. The minimum atomic E-state index is -0.687. The highest BCUT2D eigenvalue weighted by molar-refractivity contribution is 5.66. The van der Waals surface area contributed by atoms with Crippen LogP contribution in [-0.4, -0.2) is 22.3 Å². The Balaban J connectivity index is 3.26. The van der Waals surface area contributed by atoms with E-state index in [1.165, 1.54) is 25.7 Å². The number of carboxylic acids is 1. The Hall–Kier alpha value is -1.09. The first-order chi connectivity index (χ1) is 10.2. The first kappa shape index (κ1) is 19.9. The second-order valence-electron chi connectivity index (χ2n) is 5.55. The molecule has 0 aliphatic carbocycles. The maximum Gasteiger partial charge on any atom is 0.303 e. The van der Waals surface area contributed by atoms with Gasteiger partial charge in [-0.1, -0.05) is 76.2 Å². The number of carboxylic acid groups (broad SMARTS) is 1. The molecule has 2 N–H and O–H groups in total. The zero-order valence-corrected chi connectivity index (χ0v) is 13.5. The van der Waals surface area contributed by atoms with Crippen molar-refractivity contribution in [1.82, 2.24) is 0 Å². The van der Waals surface area contributed by atoms with Gasteiger partial charge >= 0.3 is 5.97 Å². The third-order valence-electron chi connectivity index (χ3n) is 3.46. The van der Waals surface area contributed by atoms with Crippen molar-refractivity contribution in [3.05, 3.63) is 24.3 Å². The summed E-state index contributed by atoms with van der Waals surface area (Å²) < 4.78 is 0. The average Bonchev–Trinajstić information content (AvgIpc) is 2.45. The Labute approximate surface area is 129 Å². The van der Waals surface area contributed by atoms with Crippen molar-refractivity contribution in [1.29, 1.82) is 0 Å². The van der Waals surface area contributed by atoms with Crippen LogP contribution in [0.5, 0.6) is 0 Å². The van der Waals surface area contributed by atoms with Gasteiger partial charge in [-0.15, -0.1) is 0 Å². The van der Waals surface area contributed by atoms with E-state index in [1.807, 2.05) is 18.2 Å². The molecule has 0 aromatic heterocycles. The van der Waals surface area contributed by atoms with Crippen molar-refractivity contribution in [3.8, 4) is 0 Å². The van der Waals surface area contributed by atoms with Gasteiger partial charge < -0.3 is 10.2 Å². The van der Waals surface area contributed by atoms with Gasteiger partial charge in [0.25, 0.3) is 0 Å². The van der Waals surface area contributed by atoms with Crippen molar-refractivity contribution < 1.29 is 15.0 Å². The molecule has 0 amide bonds. The van der Waals surface area contributed by atoms with Crippen LogP contribution in [0.15, 0.2) is 24.3 Å². The average molecular weight is 296 g/mol. The second kappa shape index (κ2) is 15.3. The first-order valence-electron chi connectivity index (χ1n) is 8.40. The molecule has 0 spiro atoms. The Bertz CT molecular complexity index is 295. The summed E-state index contributed by atoms with van der Waals surface area (Å²) in [5.74, 6) is -0.687. The van der Waals surface area contributed by atoms with Crippen LogP contribution in [0.4, 0.5) is 0 Å². The van der Waals surface area contributed by atoms with Gasteiger partial charge in [-0.3, -0.25) is 4.79 Å². The fourth-order valence-corrected chi connectivity index (χ4v) is 2.19. The highest BCUT2D eigenvalue weighted by atomic mass is 16.4. The topological polar surface area (TPSA) is 57.5 Å². The molecule has 0 aromatic rings. The molecular formula is C18H32O3. The molecule has 0 aliphatic heterocycles. The maximum atomic E-state index is 10.3. The summed E-state index contributed by atoms with van der Waals surface area (Å²) >= 11 is 0. The SMILES string of the molecule is CCC=CC=CC(O)CCCCCCCCCCC(=O)O. The Morgan fingerprint density at radius 3 is 2.10 bits per heavy atom. The minimum Gasteiger partial charge on any atom is -0.481 e. The highest BCUT2D eigenvalue weighted by Gasteiger charge is 1.99. The maximum absolute atomic E-state index is 10.3. The Kier molecular flexibility index (Phi) is 14.5. The number of hydrogen-bond acceptors (Lipinski definition) is 2. The van der Waals surface area contributed by atoms with Gasteiger partial charge in [0.1, 0.15) is 0 Å². The summed E-state index contributed by atoms with van der Waals surface area (Å²) in [6, 6.07) is 0. The van der Waals surface area contributed by atoms with E-state index < -0.39 is 5.97 Å². The van der Waals surface area contributed by atoms with Crippen LogP contribution < -0.4 is 0 Å². The quantitative estimate of drug-likeness (QED) is 0.355. The molecular weight excluding hydrogens is 264 g/mol. The molecule has 0 aliphatic rings. The van der Waals surface area contributed by atoms with E-state index in [9.17, 15) is 9.90 Å². The fourth-order valence-electron chi connectivity index (χ4n) is 2.19. The van der Waals surface area contributed by atoms with Crippen LogP contribution in [0.25, 0.3) is 0 Å². The summed E-state index contributed by atoms with van der Waals surface area (Å²) in [5, 5.41) is 18.2. The lowest BCUT2D eigenvalue weighted by Gasteiger charge is -2.05. The van der Waals surface area contributed by atoms with Crippen LogP contribution in [0.3, 0.4) is 0 Å². The third-order valence-corrected chi connectivity index (χ3v) is 3.46. The van der Waals surface area contributed by atoms with E-state index in [-0.39, 0.29) is 6.10 Å². The number of rotatable bonds is 14. The standard InChI is InChI=1S/C18H32O3/c1-2-3-4-11-14-17(19)15-12-9-7-5-6-8-10-13-16-18(20)21/h3-4,11,14,17,19H,2,5-10,12-13,15-16H2,1H3,(H,20,21). The zero-order chi connectivity index (χ0) is 15.8. The number of carbonyl (C=O) groups is 1. The van der Waals surface area contributed by atoms with E-state index >= 15 is 0 Å². The summed E-state index contributed by atoms with van der Waals surface area (Å²) in [6.45, 7) is 2.09. The van der Waals surface area contributed by atoms with Gasteiger partial charge in [0.2, 0.25) is 0 Å². The molecule has 3 heteroatoms.